The number of phenolic OH excluding ortho intramolecular Hbond substituents is 1. The van der Waals surface area contributed by atoms with Crippen molar-refractivity contribution in [2.24, 2.45) is 5.16 Å². The third-order valence-corrected chi connectivity index (χ3v) is 5.72. The van der Waals surface area contributed by atoms with Gasteiger partial charge in [0.25, 0.3) is 0 Å². The van der Waals surface area contributed by atoms with E-state index in [1.165, 1.54) is 37.4 Å². The first-order valence-electron chi connectivity index (χ1n) is 9.38. The molecule has 0 spiro atoms. The third kappa shape index (κ3) is 6.34. The maximum atomic E-state index is 12.8. The van der Waals surface area contributed by atoms with Crippen LogP contribution in [0.4, 0.5) is 0 Å². The maximum Gasteiger partial charge on any atom is 0.347 e. The third-order valence-electron chi connectivity index (χ3n) is 4.31. The number of hydrogen-bond acceptors (Lipinski definition) is 6. The van der Waals surface area contributed by atoms with Gasteiger partial charge in [0.05, 0.1) is 20.7 Å². The number of phenols is 1. The molecular formula is C23H16Br2ClNO6. The number of aliphatic carboxylic acids is 1. The van der Waals surface area contributed by atoms with Gasteiger partial charge in [-0.1, -0.05) is 28.9 Å². The number of hydrogen-bond donors (Lipinski definition) is 2. The second kappa shape index (κ2) is 10.8. The van der Waals surface area contributed by atoms with E-state index < -0.39 is 17.9 Å². The van der Waals surface area contributed by atoms with Crippen molar-refractivity contribution in [3.63, 3.8) is 0 Å². The molecule has 33 heavy (non-hydrogen) atoms. The minimum absolute atomic E-state index is 0.0652. The summed E-state index contributed by atoms with van der Waals surface area (Å²) in [7, 11) is 0. The molecule has 3 aromatic rings. The van der Waals surface area contributed by atoms with Crippen molar-refractivity contribution in [1.29, 1.82) is 0 Å². The Kier molecular flexibility index (Phi) is 8.12. The van der Waals surface area contributed by atoms with Crippen LogP contribution in [0.15, 0.2) is 68.7 Å². The first kappa shape index (κ1) is 24.8. The summed E-state index contributed by atoms with van der Waals surface area (Å²) < 4.78 is 7.05. The second-order valence-electron chi connectivity index (χ2n) is 6.75. The van der Waals surface area contributed by atoms with Gasteiger partial charge in [-0.05, 0) is 86.8 Å². The molecule has 10 heteroatoms. The summed E-state index contributed by atoms with van der Waals surface area (Å²) in [5.41, 5.74) is 1.01. The van der Waals surface area contributed by atoms with Crippen molar-refractivity contribution in [2.45, 2.75) is 13.0 Å². The summed E-state index contributed by atoms with van der Waals surface area (Å²) in [6.45, 7) is 1.37. The zero-order valence-corrected chi connectivity index (χ0v) is 20.9. The Balaban J connectivity index is 1.83. The van der Waals surface area contributed by atoms with Crippen LogP contribution in [0.25, 0.3) is 0 Å². The average molecular weight is 598 g/mol. The quantitative estimate of drug-likeness (QED) is 0.177. The van der Waals surface area contributed by atoms with Crippen LogP contribution >= 0.6 is 43.5 Å². The highest BCUT2D eigenvalue weighted by Crippen LogP contribution is 2.38. The molecule has 0 saturated heterocycles. The van der Waals surface area contributed by atoms with E-state index in [0.717, 1.165) is 0 Å². The smallest absolute Gasteiger partial charge is 0.347 e. The molecule has 170 valence electrons. The molecule has 7 nitrogen and oxygen atoms in total. The number of carboxylic acid groups (broad SMARTS) is 1. The Morgan fingerprint density at radius 2 is 1.79 bits per heavy atom. The Labute approximate surface area is 210 Å². The predicted octanol–water partition coefficient (Wildman–Crippen LogP) is 6.42. The lowest BCUT2D eigenvalue weighted by atomic mass is 10.0. The van der Waals surface area contributed by atoms with Crippen LogP contribution in [-0.2, 0) is 9.63 Å². The minimum Gasteiger partial charge on any atom is -0.507 e. The van der Waals surface area contributed by atoms with Gasteiger partial charge in [-0.15, -0.1) is 0 Å². The monoisotopic (exact) mass is 595 g/mol. The van der Waals surface area contributed by atoms with Gasteiger partial charge in [0.1, 0.15) is 11.5 Å². The van der Waals surface area contributed by atoms with Crippen molar-refractivity contribution in [3.05, 3.63) is 85.3 Å². The number of aromatic hydroxyl groups is 1. The Morgan fingerprint density at radius 1 is 1.09 bits per heavy atom. The molecule has 0 bridgehead atoms. The van der Waals surface area contributed by atoms with Gasteiger partial charge in [-0.25, -0.2) is 4.79 Å². The van der Waals surface area contributed by atoms with Crippen LogP contribution in [0, 0.1) is 0 Å². The number of halogens is 3. The van der Waals surface area contributed by atoms with E-state index in [2.05, 4.69) is 37.0 Å². The van der Waals surface area contributed by atoms with Crippen molar-refractivity contribution in [1.82, 2.24) is 0 Å². The fraction of sp³-hybridized carbons (Fsp3) is 0.0870. The number of ketones is 1. The minimum atomic E-state index is -1.12. The van der Waals surface area contributed by atoms with Gasteiger partial charge in [0.2, 0.25) is 6.10 Å². The number of carbonyl (C=O) groups is 2. The molecule has 0 aliphatic carbocycles. The maximum absolute atomic E-state index is 12.8. The summed E-state index contributed by atoms with van der Waals surface area (Å²) in [6.07, 6.45) is 0.287. The van der Waals surface area contributed by atoms with Crippen molar-refractivity contribution in [3.8, 4) is 17.2 Å². The molecule has 0 amide bonds. The van der Waals surface area contributed by atoms with Gasteiger partial charge in [-0.2, -0.15) is 0 Å². The highest BCUT2D eigenvalue weighted by atomic mass is 79.9. The molecule has 0 fully saturated rings. The summed E-state index contributed by atoms with van der Waals surface area (Å²) in [5.74, 6) is -0.980. The molecule has 0 radical (unpaired) electrons. The van der Waals surface area contributed by atoms with Gasteiger partial charge in [0, 0.05) is 10.6 Å². The lowest BCUT2D eigenvalue weighted by Crippen LogP contribution is -2.17. The SMILES string of the molecule is CC(ON=Cc1cc(Br)c(Oc2ccc(O)c(C(=O)c3cccc(Cl)c3)c2)c(Br)c1)C(=O)O. The Bertz CT molecular complexity index is 1220. The number of nitrogens with zero attached hydrogens (tertiary/aromatic N) is 1. The number of ether oxygens (including phenoxy) is 1. The normalized spacial score (nSPS) is 11.9. The summed E-state index contributed by atoms with van der Waals surface area (Å²) in [6, 6.07) is 14.2. The number of carboxylic acids is 1. The summed E-state index contributed by atoms with van der Waals surface area (Å²) in [4.78, 5) is 28.5. The van der Waals surface area contributed by atoms with E-state index >= 15 is 0 Å². The first-order chi connectivity index (χ1) is 15.7. The van der Waals surface area contributed by atoms with Crippen LogP contribution in [-0.4, -0.2) is 34.3 Å². The number of carbonyl (C=O) groups excluding carboxylic acids is 1. The van der Waals surface area contributed by atoms with E-state index in [-0.39, 0.29) is 11.3 Å². The Hall–Kier alpha value is -2.88. The summed E-state index contributed by atoms with van der Waals surface area (Å²) in [5, 5.41) is 23.1. The molecule has 3 aromatic carbocycles. The number of benzene rings is 3. The standard InChI is InChI=1S/C23H16Br2ClNO6/c1-12(23(30)31)33-27-11-13-7-18(24)22(19(25)8-13)32-16-5-6-20(28)17(10-16)21(29)14-3-2-4-15(26)9-14/h2-12,28H,1H3,(H,30,31). The highest BCUT2D eigenvalue weighted by Gasteiger charge is 2.17. The fourth-order valence-corrected chi connectivity index (χ4v) is 4.22. The largest absolute Gasteiger partial charge is 0.507 e. The Morgan fingerprint density at radius 3 is 2.42 bits per heavy atom. The number of oxime groups is 1. The van der Waals surface area contributed by atoms with Crippen LogP contribution in [0.3, 0.4) is 0 Å². The molecule has 0 aromatic heterocycles. The van der Waals surface area contributed by atoms with E-state index in [4.69, 9.17) is 26.3 Å². The van der Waals surface area contributed by atoms with Crippen LogP contribution in [0.1, 0.15) is 28.4 Å². The molecule has 0 saturated carbocycles. The van der Waals surface area contributed by atoms with Crippen LogP contribution in [0.2, 0.25) is 5.02 Å². The van der Waals surface area contributed by atoms with Crippen molar-refractivity contribution in [2.75, 3.05) is 0 Å². The van der Waals surface area contributed by atoms with Gasteiger partial charge in [0.15, 0.2) is 11.5 Å². The predicted molar refractivity (Wildman–Crippen MR) is 131 cm³/mol. The average Bonchev–Trinajstić information content (AvgIpc) is 2.76. The van der Waals surface area contributed by atoms with Crippen LogP contribution in [0.5, 0.6) is 17.2 Å². The van der Waals surface area contributed by atoms with Crippen molar-refractivity contribution < 1.29 is 29.4 Å². The van der Waals surface area contributed by atoms with E-state index in [0.29, 0.717) is 36.6 Å². The van der Waals surface area contributed by atoms with E-state index in [1.807, 2.05) is 0 Å². The molecule has 2 N–H and O–H groups in total. The van der Waals surface area contributed by atoms with Gasteiger partial charge >= 0.3 is 5.97 Å². The molecule has 1 unspecified atom stereocenters. The molecule has 0 aliphatic heterocycles. The fourth-order valence-electron chi connectivity index (χ4n) is 2.64. The molecule has 0 aliphatic rings. The first-order valence-corrected chi connectivity index (χ1v) is 11.3. The second-order valence-corrected chi connectivity index (χ2v) is 8.90. The number of rotatable bonds is 8. The molecule has 1 atom stereocenters. The zero-order chi connectivity index (χ0) is 24.1. The van der Waals surface area contributed by atoms with Gasteiger partial charge in [-0.3, -0.25) is 4.79 Å². The van der Waals surface area contributed by atoms with E-state index in [1.54, 1.807) is 30.3 Å². The van der Waals surface area contributed by atoms with Gasteiger partial charge < -0.3 is 19.8 Å². The molecule has 0 heterocycles. The van der Waals surface area contributed by atoms with Crippen molar-refractivity contribution >= 4 is 61.4 Å². The highest BCUT2D eigenvalue weighted by molar-refractivity contribution is 9.11. The topological polar surface area (TPSA) is 105 Å². The van der Waals surface area contributed by atoms with Crippen LogP contribution < -0.4 is 4.74 Å². The molecule has 3 rings (SSSR count). The molecular weight excluding hydrogens is 582 g/mol. The summed E-state index contributed by atoms with van der Waals surface area (Å²) >= 11 is 12.8. The zero-order valence-electron chi connectivity index (χ0n) is 17.0. The lowest BCUT2D eigenvalue weighted by molar-refractivity contribution is -0.149. The van der Waals surface area contributed by atoms with E-state index in [9.17, 15) is 14.7 Å². The lowest BCUT2D eigenvalue weighted by Gasteiger charge is -2.13.